The second-order valence-electron chi connectivity index (χ2n) is 4.92. The number of aliphatic hydroxyl groups is 1. The Balaban J connectivity index is 1.70. The second kappa shape index (κ2) is 4.37. The van der Waals surface area contributed by atoms with E-state index in [0.29, 0.717) is 26.1 Å². The smallest absolute Gasteiger partial charge is 0.276 e. The van der Waals surface area contributed by atoms with Crippen molar-refractivity contribution in [2.24, 2.45) is 0 Å². The molecular formula is C12H16N2O4. The van der Waals surface area contributed by atoms with Crippen molar-refractivity contribution in [1.29, 1.82) is 0 Å². The molecule has 0 radical (unpaired) electrons. The lowest BCUT2D eigenvalue weighted by atomic mass is 9.86. The zero-order valence-corrected chi connectivity index (χ0v) is 10.0. The largest absolute Gasteiger partial charge is 0.388 e. The summed E-state index contributed by atoms with van der Waals surface area (Å²) in [4.78, 5) is 13.7. The Labute approximate surface area is 104 Å². The monoisotopic (exact) mass is 252 g/mol. The number of carbonyl (C=O) groups excluding carboxylic acids is 1. The highest BCUT2D eigenvalue weighted by molar-refractivity contribution is 5.92. The molecule has 6 heteroatoms. The summed E-state index contributed by atoms with van der Waals surface area (Å²) < 4.78 is 10.4. The van der Waals surface area contributed by atoms with Crippen LogP contribution in [0.3, 0.4) is 0 Å². The van der Waals surface area contributed by atoms with Crippen molar-refractivity contribution in [2.75, 3.05) is 19.7 Å². The van der Waals surface area contributed by atoms with Gasteiger partial charge in [-0.1, -0.05) is 5.16 Å². The lowest BCUT2D eigenvalue weighted by Gasteiger charge is -2.42. The average molecular weight is 252 g/mol. The Morgan fingerprint density at radius 1 is 1.56 bits per heavy atom. The zero-order chi connectivity index (χ0) is 12.6. The van der Waals surface area contributed by atoms with E-state index in [1.54, 1.807) is 4.90 Å². The molecule has 0 unspecified atom stereocenters. The number of hydrogen-bond donors (Lipinski definition) is 1. The maximum Gasteiger partial charge on any atom is 0.276 e. The summed E-state index contributed by atoms with van der Waals surface area (Å²) in [6.45, 7) is 1.59. The van der Waals surface area contributed by atoms with Crippen LogP contribution in [0.5, 0.6) is 0 Å². The number of amides is 1. The van der Waals surface area contributed by atoms with Gasteiger partial charge in [0, 0.05) is 25.8 Å². The van der Waals surface area contributed by atoms with Crippen molar-refractivity contribution in [3.05, 3.63) is 18.0 Å². The van der Waals surface area contributed by atoms with Gasteiger partial charge in [0.05, 0.1) is 5.60 Å². The number of likely N-dealkylation sites (tertiary alicyclic amines) is 1. The van der Waals surface area contributed by atoms with E-state index in [0.717, 1.165) is 12.8 Å². The predicted octanol–water partition coefficient (Wildman–Crippen LogP) is 0.431. The average Bonchev–Trinajstić information content (AvgIpc) is 3.04. The number of ether oxygens (including phenoxy) is 1. The van der Waals surface area contributed by atoms with E-state index in [4.69, 9.17) is 4.74 Å². The lowest BCUT2D eigenvalue weighted by Crippen LogP contribution is -2.56. The molecule has 3 heterocycles. The topological polar surface area (TPSA) is 75.8 Å². The molecule has 1 amide bonds. The minimum atomic E-state index is -0.621. The molecule has 2 aliphatic heterocycles. The van der Waals surface area contributed by atoms with Crippen LogP contribution in [-0.4, -0.2) is 52.5 Å². The molecule has 1 aromatic rings. The quantitative estimate of drug-likeness (QED) is 0.784. The highest BCUT2D eigenvalue weighted by atomic mass is 16.5. The minimum Gasteiger partial charge on any atom is -0.388 e. The maximum absolute atomic E-state index is 12.1. The summed E-state index contributed by atoms with van der Waals surface area (Å²) in [7, 11) is 0. The molecule has 1 aromatic heterocycles. The highest BCUT2D eigenvalue weighted by Crippen LogP contribution is 2.36. The first-order valence-electron chi connectivity index (χ1n) is 6.23. The number of piperidine rings is 1. The fourth-order valence-electron chi connectivity index (χ4n) is 2.81. The van der Waals surface area contributed by atoms with Gasteiger partial charge in [0.2, 0.25) is 0 Å². The first-order chi connectivity index (χ1) is 8.71. The summed E-state index contributed by atoms with van der Waals surface area (Å²) >= 11 is 0. The van der Waals surface area contributed by atoms with Gasteiger partial charge in [0.15, 0.2) is 5.69 Å². The van der Waals surface area contributed by atoms with E-state index in [2.05, 4.69) is 9.68 Å². The van der Waals surface area contributed by atoms with Gasteiger partial charge >= 0.3 is 0 Å². The fraction of sp³-hybridized carbons (Fsp3) is 0.667. The Hall–Kier alpha value is -1.40. The Kier molecular flexibility index (Phi) is 2.83. The van der Waals surface area contributed by atoms with E-state index in [9.17, 15) is 9.90 Å². The van der Waals surface area contributed by atoms with Crippen LogP contribution in [0.1, 0.15) is 29.8 Å². The molecule has 3 rings (SSSR count). The molecule has 0 aromatic carbocycles. The van der Waals surface area contributed by atoms with Crippen molar-refractivity contribution in [3.8, 4) is 0 Å². The van der Waals surface area contributed by atoms with Gasteiger partial charge < -0.3 is 19.3 Å². The molecule has 0 saturated carbocycles. The van der Waals surface area contributed by atoms with E-state index < -0.39 is 11.7 Å². The van der Waals surface area contributed by atoms with Crippen LogP contribution in [0.4, 0.5) is 0 Å². The molecule has 1 spiro atoms. The second-order valence-corrected chi connectivity index (χ2v) is 4.92. The Morgan fingerprint density at radius 3 is 3.06 bits per heavy atom. The molecule has 2 fully saturated rings. The number of hydrogen-bond acceptors (Lipinski definition) is 5. The molecule has 0 bridgehead atoms. The summed E-state index contributed by atoms with van der Waals surface area (Å²) in [5, 5.41) is 13.8. The van der Waals surface area contributed by atoms with Gasteiger partial charge in [-0.15, -0.1) is 0 Å². The van der Waals surface area contributed by atoms with Gasteiger partial charge in [-0.3, -0.25) is 4.79 Å². The van der Waals surface area contributed by atoms with Crippen molar-refractivity contribution >= 4 is 5.91 Å². The van der Waals surface area contributed by atoms with Crippen LogP contribution in [0.25, 0.3) is 0 Å². The van der Waals surface area contributed by atoms with Crippen molar-refractivity contribution < 1.29 is 19.2 Å². The lowest BCUT2D eigenvalue weighted by molar-refractivity contribution is -0.123. The molecule has 0 aliphatic carbocycles. The van der Waals surface area contributed by atoms with Gasteiger partial charge in [-0.2, -0.15) is 0 Å². The number of aliphatic hydroxyl groups excluding tert-OH is 1. The molecule has 98 valence electrons. The Bertz CT molecular complexity index is 425. The maximum atomic E-state index is 12.1. The normalized spacial score (nSPS) is 32.1. The van der Waals surface area contributed by atoms with E-state index >= 15 is 0 Å². The summed E-state index contributed by atoms with van der Waals surface area (Å²) in [6.07, 6.45) is 3.28. The van der Waals surface area contributed by atoms with Crippen LogP contribution in [0.15, 0.2) is 16.9 Å². The highest BCUT2D eigenvalue weighted by Gasteiger charge is 2.46. The fourth-order valence-corrected chi connectivity index (χ4v) is 2.81. The third-order valence-electron chi connectivity index (χ3n) is 3.88. The summed E-state index contributed by atoms with van der Waals surface area (Å²) in [5.41, 5.74) is -0.147. The van der Waals surface area contributed by atoms with E-state index in [-0.39, 0.29) is 11.6 Å². The third kappa shape index (κ3) is 1.81. The molecule has 1 N–H and O–H groups in total. The first-order valence-corrected chi connectivity index (χ1v) is 6.23. The van der Waals surface area contributed by atoms with Crippen molar-refractivity contribution in [1.82, 2.24) is 10.1 Å². The van der Waals surface area contributed by atoms with Crippen LogP contribution < -0.4 is 0 Å². The first kappa shape index (κ1) is 11.7. The van der Waals surface area contributed by atoms with Crippen LogP contribution >= 0.6 is 0 Å². The Morgan fingerprint density at radius 2 is 2.44 bits per heavy atom. The number of nitrogens with zero attached hydrogens (tertiary/aromatic N) is 2. The molecule has 2 atom stereocenters. The number of β-amino-alcohol motifs (C(OH)–C–C–N with tert-alkyl or cyclic N) is 1. The van der Waals surface area contributed by atoms with Gasteiger partial charge in [-0.05, 0) is 19.3 Å². The molecule has 6 nitrogen and oxygen atoms in total. The third-order valence-corrected chi connectivity index (χ3v) is 3.88. The van der Waals surface area contributed by atoms with E-state index in [1.165, 1.54) is 12.3 Å². The van der Waals surface area contributed by atoms with Crippen LogP contribution in [-0.2, 0) is 4.74 Å². The standard InChI is InChI=1S/C12H16N2O4/c15-10-8-14(11(16)9-2-7-18-13-9)5-4-12(10)3-1-6-17-12/h2,7,10,15H,1,3-6,8H2/t10-,12-/m0/s1. The zero-order valence-electron chi connectivity index (χ0n) is 10.0. The molecule has 2 aliphatic rings. The van der Waals surface area contributed by atoms with Gasteiger partial charge in [0.1, 0.15) is 12.4 Å². The van der Waals surface area contributed by atoms with Crippen molar-refractivity contribution in [2.45, 2.75) is 31.0 Å². The molecular weight excluding hydrogens is 236 g/mol. The predicted molar refractivity (Wildman–Crippen MR) is 60.9 cm³/mol. The van der Waals surface area contributed by atoms with Crippen molar-refractivity contribution in [3.63, 3.8) is 0 Å². The number of carbonyl (C=O) groups is 1. The van der Waals surface area contributed by atoms with Gasteiger partial charge in [-0.25, -0.2) is 0 Å². The number of aromatic nitrogens is 1. The van der Waals surface area contributed by atoms with E-state index in [1.807, 2.05) is 0 Å². The minimum absolute atomic E-state index is 0.198. The number of rotatable bonds is 1. The molecule has 18 heavy (non-hydrogen) atoms. The molecule has 2 saturated heterocycles. The SMILES string of the molecule is O=C(c1ccon1)N1CC[C@@]2(CCCO2)[C@@H](O)C1. The van der Waals surface area contributed by atoms with Gasteiger partial charge in [0.25, 0.3) is 5.91 Å². The van der Waals surface area contributed by atoms with Crippen LogP contribution in [0, 0.1) is 0 Å². The van der Waals surface area contributed by atoms with Crippen LogP contribution in [0.2, 0.25) is 0 Å². The summed E-state index contributed by atoms with van der Waals surface area (Å²) in [5.74, 6) is -0.198. The summed E-state index contributed by atoms with van der Waals surface area (Å²) in [6, 6.07) is 1.53.